The molecule has 2 N–H and O–H groups in total. The molecule has 1 fully saturated rings. The van der Waals surface area contributed by atoms with E-state index in [4.69, 9.17) is 5.73 Å². The first kappa shape index (κ1) is 21.9. The van der Waals surface area contributed by atoms with Crippen molar-refractivity contribution in [2.75, 3.05) is 26.2 Å². The van der Waals surface area contributed by atoms with Crippen molar-refractivity contribution in [1.29, 1.82) is 0 Å². The highest BCUT2D eigenvalue weighted by Crippen LogP contribution is 2.15. The van der Waals surface area contributed by atoms with Crippen LogP contribution >= 0.6 is 36.2 Å². The molecule has 0 saturated carbocycles. The van der Waals surface area contributed by atoms with Gasteiger partial charge in [-0.3, -0.25) is 9.69 Å². The summed E-state index contributed by atoms with van der Waals surface area (Å²) in [5.74, 6) is 0.0245. The van der Waals surface area contributed by atoms with Gasteiger partial charge in [-0.1, -0.05) is 24.3 Å². The van der Waals surface area contributed by atoms with E-state index in [9.17, 15) is 4.79 Å². The largest absolute Gasteiger partial charge is 0.335 e. The van der Waals surface area contributed by atoms with Gasteiger partial charge >= 0.3 is 0 Å². The quantitative estimate of drug-likeness (QED) is 0.853. The van der Waals surface area contributed by atoms with Gasteiger partial charge in [0.1, 0.15) is 10.7 Å². The molecular formula is C17H24Cl2N4OS. The van der Waals surface area contributed by atoms with Crippen LogP contribution in [-0.2, 0) is 13.1 Å². The zero-order chi connectivity index (χ0) is 16.2. The molecule has 0 aliphatic carbocycles. The van der Waals surface area contributed by atoms with Crippen LogP contribution in [0.3, 0.4) is 0 Å². The summed E-state index contributed by atoms with van der Waals surface area (Å²) in [4.78, 5) is 21.0. The van der Waals surface area contributed by atoms with Crippen LogP contribution in [0.1, 0.15) is 26.6 Å². The van der Waals surface area contributed by atoms with Crippen LogP contribution in [0.25, 0.3) is 0 Å². The molecule has 2 heterocycles. The number of amides is 1. The number of nitrogens with zero attached hydrogens (tertiary/aromatic N) is 3. The van der Waals surface area contributed by atoms with Gasteiger partial charge in [-0.05, 0) is 18.1 Å². The Bertz CT molecular complexity index is 687. The SMILES string of the molecule is Cc1ccccc1CN1CCN(C(=O)c2csc(CN)n2)CC1.Cl.Cl. The van der Waals surface area contributed by atoms with Crippen molar-refractivity contribution in [3.05, 3.63) is 51.5 Å². The predicted molar refractivity (Wildman–Crippen MR) is 107 cm³/mol. The Balaban J connectivity index is 0.00000156. The first-order chi connectivity index (χ1) is 11.2. The highest BCUT2D eigenvalue weighted by Gasteiger charge is 2.23. The summed E-state index contributed by atoms with van der Waals surface area (Å²) in [5, 5.41) is 2.62. The average molecular weight is 403 g/mol. The maximum Gasteiger partial charge on any atom is 0.273 e. The summed E-state index contributed by atoms with van der Waals surface area (Å²) < 4.78 is 0. The van der Waals surface area contributed by atoms with Crippen LogP contribution in [0.5, 0.6) is 0 Å². The van der Waals surface area contributed by atoms with E-state index in [1.54, 1.807) is 0 Å². The lowest BCUT2D eigenvalue weighted by molar-refractivity contribution is 0.0623. The van der Waals surface area contributed by atoms with Gasteiger partial charge in [-0.2, -0.15) is 0 Å². The number of thiazole rings is 1. The van der Waals surface area contributed by atoms with Crippen LogP contribution in [0.15, 0.2) is 29.6 Å². The van der Waals surface area contributed by atoms with Crippen molar-refractivity contribution in [3.8, 4) is 0 Å². The topological polar surface area (TPSA) is 62.5 Å². The van der Waals surface area contributed by atoms with Crippen molar-refractivity contribution >= 4 is 42.1 Å². The van der Waals surface area contributed by atoms with Gasteiger partial charge in [0, 0.05) is 44.6 Å². The third-order valence-electron chi connectivity index (χ3n) is 4.26. The van der Waals surface area contributed by atoms with E-state index in [0.717, 1.165) is 37.7 Å². The second-order valence-electron chi connectivity index (χ2n) is 5.83. The van der Waals surface area contributed by atoms with Crippen molar-refractivity contribution in [3.63, 3.8) is 0 Å². The molecule has 8 heteroatoms. The molecule has 1 aromatic carbocycles. The minimum Gasteiger partial charge on any atom is -0.335 e. The predicted octanol–water partition coefficient (Wildman–Crippen LogP) is 2.71. The molecule has 1 aromatic heterocycles. The van der Waals surface area contributed by atoms with E-state index in [2.05, 4.69) is 41.1 Å². The Morgan fingerprint density at radius 3 is 2.48 bits per heavy atom. The Morgan fingerprint density at radius 2 is 1.88 bits per heavy atom. The highest BCUT2D eigenvalue weighted by molar-refractivity contribution is 7.09. The Kier molecular flexibility index (Phi) is 8.82. The number of nitrogens with two attached hydrogens (primary N) is 1. The number of aryl methyl sites for hydroxylation is 1. The Labute approximate surface area is 165 Å². The Hall–Kier alpha value is -1.18. The van der Waals surface area contributed by atoms with Crippen LogP contribution in [0, 0.1) is 6.92 Å². The van der Waals surface area contributed by atoms with Gasteiger partial charge in [-0.25, -0.2) is 4.98 Å². The van der Waals surface area contributed by atoms with E-state index < -0.39 is 0 Å². The van der Waals surface area contributed by atoms with E-state index in [0.29, 0.717) is 12.2 Å². The molecule has 1 amide bonds. The molecule has 25 heavy (non-hydrogen) atoms. The van der Waals surface area contributed by atoms with Crippen LogP contribution in [0.4, 0.5) is 0 Å². The van der Waals surface area contributed by atoms with Gasteiger partial charge in [0.2, 0.25) is 0 Å². The fourth-order valence-corrected chi connectivity index (χ4v) is 3.45. The molecule has 138 valence electrons. The van der Waals surface area contributed by atoms with Gasteiger partial charge in [-0.15, -0.1) is 36.2 Å². The average Bonchev–Trinajstić information content (AvgIpc) is 3.06. The summed E-state index contributed by atoms with van der Waals surface area (Å²) in [5.41, 5.74) is 8.77. The molecule has 5 nitrogen and oxygen atoms in total. The molecule has 0 atom stereocenters. The fourth-order valence-electron chi connectivity index (χ4n) is 2.80. The molecular weight excluding hydrogens is 379 g/mol. The number of rotatable bonds is 4. The van der Waals surface area contributed by atoms with E-state index >= 15 is 0 Å². The second kappa shape index (κ2) is 10.1. The summed E-state index contributed by atoms with van der Waals surface area (Å²) in [6.45, 7) is 6.78. The number of halogens is 2. The van der Waals surface area contributed by atoms with E-state index in [-0.39, 0.29) is 30.7 Å². The molecule has 1 aliphatic heterocycles. The third kappa shape index (κ3) is 5.39. The molecule has 2 aromatic rings. The zero-order valence-electron chi connectivity index (χ0n) is 14.2. The first-order valence-electron chi connectivity index (χ1n) is 7.88. The molecule has 3 rings (SSSR count). The molecule has 1 aliphatic rings. The third-order valence-corrected chi connectivity index (χ3v) is 5.13. The number of hydrogen-bond donors (Lipinski definition) is 1. The number of carbonyl (C=O) groups is 1. The highest BCUT2D eigenvalue weighted by atomic mass is 35.5. The summed E-state index contributed by atoms with van der Waals surface area (Å²) in [7, 11) is 0. The number of benzene rings is 1. The van der Waals surface area contributed by atoms with Crippen molar-refractivity contribution in [2.24, 2.45) is 5.73 Å². The van der Waals surface area contributed by atoms with Crippen LogP contribution < -0.4 is 5.73 Å². The summed E-state index contributed by atoms with van der Waals surface area (Å²) in [6.07, 6.45) is 0. The van der Waals surface area contributed by atoms with Gasteiger partial charge in [0.15, 0.2) is 0 Å². The standard InChI is InChI=1S/C17H22N4OS.2ClH/c1-13-4-2-3-5-14(13)11-20-6-8-21(9-7-20)17(22)15-12-23-16(10-18)19-15;;/h2-5,12H,6-11,18H2,1H3;2*1H. The summed E-state index contributed by atoms with van der Waals surface area (Å²) >= 11 is 1.45. The Morgan fingerprint density at radius 1 is 1.20 bits per heavy atom. The number of aromatic nitrogens is 1. The lowest BCUT2D eigenvalue weighted by atomic mass is 10.1. The van der Waals surface area contributed by atoms with E-state index in [1.165, 1.54) is 22.5 Å². The minimum atomic E-state index is 0. The number of carbonyl (C=O) groups excluding carboxylic acids is 1. The van der Waals surface area contributed by atoms with Gasteiger partial charge in [0.05, 0.1) is 0 Å². The van der Waals surface area contributed by atoms with Crippen molar-refractivity contribution < 1.29 is 4.79 Å². The number of piperazine rings is 1. The zero-order valence-corrected chi connectivity index (χ0v) is 16.6. The van der Waals surface area contributed by atoms with Gasteiger partial charge in [0.25, 0.3) is 5.91 Å². The van der Waals surface area contributed by atoms with Crippen LogP contribution in [0.2, 0.25) is 0 Å². The van der Waals surface area contributed by atoms with Crippen molar-refractivity contribution in [2.45, 2.75) is 20.0 Å². The van der Waals surface area contributed by atoms with Crippen LogP contribution in [-0.4, -0.2) is 46.9 Å². The fraction of sp³-hybridized carbons (Fsp3) is 0.412. The second-order valence-corrected chi connectivity index (χ2v) is 6.77. The number of hydrogen-bond acceptors (Lipinski definition) is 5. The van der Waals surface area contributed by atoms with Crippen molar-refractivity contribution in [1.82, 2.24) is 14.8 Å². The minimum absolute atomic E-state index is 0. The lowest BCUT2D eigenvalue weighted by Gasteiger charge is -2.34. The van der Waals surface area contributed by atoms with Gasteiger partial charge < -0.3 is 10.6 Å². The maximum atomic E-state index is 12.5. The molecule has 0 radical (unpaired) electrons. The first-order valence-corrected chi connectivity index (χ1v) is 8.76. The normalized spacial score (nSPS) is 14.6. The monoisotopic (exact) mass is 402 g/mol. The molecule has 0 spiro atoms. The summed E-state index contributed by atoms with van der Waals surface area (Å²) in [6, 6.07) is 8.47. The molecule has 0 bridgehead atoms. The smallest absolute Gasteiger partial charge is 0.273 e. The molecule has 0 unspecified atom stereocenters. The lowest BCUT2D eigenvalue weighted by Crippen LogP contribution is -2.48. The molecule has 1 saturated heterocycles. The van der Waals surface area contributed by atoms with E-state index in [1.807, 2.05) is 10.3 Å². The maximum absolute atomic E-state index is 12.5.